The number of carbonyl (C=O) groups is 1. The smallest absolute Gasteiger partial charge is 0.273 e. The van der Waals surface area contributed by atoms with Gasteiger partial charge < -0.3 is 5.32 Å². The molecule has 0 spiro atoms. The predicted molar refractivity (Wildman–Crippen MR) is 65.4 cm³/mol. The molecular weight excluding hydrogens is 232 g/mol. The van der Waals surface area contributed by atoms with Crippen LogP contribution < -0.4 is 5.32 Å². The number of Topliss-reactive ketones (excluding diaryl/α,β-unsaturated/α-hetero) is 1. The van der Waals surface area contributed by atoms with Gasteiger partial charge in [-0.15, -0.1) is 0 Å². The van der Waals surface area contributed by atoms with Gasteiger partial charge in [0.2, 0.25) is 0 Å². The first kappa shape index (κ1) is 11.3. The lowest BCUT2D eigenvalue weighted by molar-refractivity contribution is -0.386. The van der Waals surface area contributed by atoms with Gasteiger partial charge in [-0.3, -0.25) is 14.9 Å². The Labute approximate surface area is 104 Å². The molecule has 1 N–H and O–H groups in total. The lowest BCUT2D eigenvalue weighted by atomic mass is 9.74. The molecule has 1 saturated carbocycles. The van der Waals surface area contributed by atoms with E-state index in [1.54, 1.807) is 18.2 Å². The summed E-state index contributed by atoms with van der Waals surface area (Å²) >= 11 is 0. The van der Waals surface area contributed by atoms with Crippen LogP contribution in [0.1, 0.15) is 24.8 Å². The Kier molecular flexibility index (Phi) is 2.45. The molecule has 0 radical (unpaired) electrons. The van der Waals surface area contributed by atoms with Crippen LogP contribution in [-0.4, -0.2) is 23.3 Å². The molecule has 5 heteroatoms. The number of hydrogen-bond donors (Lipinski definition) is 1. The van der Waals surface area contributed by atoms with Crippen molar-refractivity contribution in [3.63, 3.8) is 0 Å². The maximum Gasteiger partial charge on any atom is 0.273 e. The molecule has 5 nitrogen and oxygen atoms in total. The van der Waals surface area contributed by atoms with Crippen molar-refractivity contribution in [2.45, 2.75) is 30.7 Å². The van der Waals surface area contributed by atoms with Gasteiger partial charge >= 0.3 is 0 Å². The fourth-order valence-corrected chi connectivity index (χ4v) is 3.46. The summed E-state index contributed by atoms with van der Waals surface area (Å²) in [6, 6.07) is 6.71. The molecule has 2 fully saturated rings. The molecule has 3 rings (SSSR count). The average Bonchev–Trinajstić information content (AvgIpc) is 2.91. The quantitative estimate of drug-likeness (QED) is 0.635. The van der Waals surface area contributed by atoms with Gasteiger partial charge in [0.1, 0.15) is 5.78 Å². The third kappa shape index (κ3) is 1.34. The van der Waals surface area contributed by atoms with E-state index in [2.05, 4.69) is 5.32 Å². The number of ketones is 1. The van der Waals surface area contributed by atoms with Crippen LogP contribution in [0, 0.1) is 10.1 Å². The highest BCUT2D eigenvalue weighted by atomic mass is 16.6. The maximum atomic E-state index is 12.3. The fraction of sp³-hybridized carbons (Fsp3) is 0.462. The molecule has 0 amide bonds. The van der Waals surface area contributed by atoms with E-state index in [1.807, 2.05) is 0 Å². The molecule has 0 unspecified atom stereocenters. The van der Waals surface area contributed by atoms with Gasteiger partial charge in [0, 0.05) is 24.1 Å². The van der Waals surface area contributed by atoms with Crippen molar-refractivity contribution < 1.29 is 9.72 Å². The highest BCUT2D eigenvalue weighted by Crippen LogP contribution is 2.47. The molecule has 1 heterocycles. The van der Waals surface area contributed by atoms with Crippen LogP contribution in [0.25, 0.3) is 0 Å². The topological polar surface area (TPSA) is 72.2 Å². The number of carbonyl (C=O) groups excluding carboxylic acids is 1. The standard InChI is InChI=1S/C13H14N2O3/c16-12-6-5-11-13(12,7-8-14-11)9-3-1-2-4-10(9)15(17)18/h1-4,11,14H,5-8H2/t11-,13+/m0/s1. The van der Waals surface area contributed by atoms with Crippen LogP contribution in [0.4, 0.5) is 5.69 Å². The second-order valence-corrected chi connectivity index (χ2v) is 4.96. The van der Waals surface area contributed by atoms with Crippen LogP contribution in [0.15, 0.2) is 24.3 Å². The minimum atomic E-state index is -0.663. The zero-order valence-electron chi connectivity index (χ0n) is 9.89. The van der Waals surface area contributed by atoms with Gasteiger partial charge in [0.25, 0.3) is 5.69 Å². The van der Waals surface area contributed by atoms with Crippen molar-refractivity contribution in [3.8, 4) is 0 Å². The van der Waals surface area contributed by atoms with Gasteiger partial charge in [-0.2, -0.15) is 0 Å². The number of nitrogens with one attached hydrogen (secondary N) is 1. The van der Waals surface area contributed by atoms with E-state index < -0.39 is 5.41 Å². The summed E-state index contributed by atoms with van der Waals surface area (Å²) in [6.07, 6.45) is 1.97. The minimum Gasteiger partial charge on any atom is -0.313 e. The Morgan fingerprint density at radius 2 is 2.17 bits per heavy atom. The summed E-state index contributed by atoms with van der Waals surface area (Å²) in [5, 5.41) is 14.5. The van der Waals surface area contributed by atoms with Crippen molar-refractivity contribution in [3.05, 3.63) is 39.9 Å². The first-order chi connectivity index (χ1) is 8.66. The third-order valence-electron chi connectivity index (χ3n) is 4.24. The number of hydrogen-bond acceptors (Lipinski definition) is 4. The SMILES string of the molecule is O=C1CC[C@@H]2NCC[C@]12c1ccccc1[N+](=O)[O-]. The monoisotopic (exact) mass is 246 g/mol. The molecule has 0 aromatic heterocycles. The number of benzene rings is 1. The Balaban J connectivity index is 2.19. The van der Waals surface area contributed by atoms with E-state index >= 15 is 0 Å². The van der Waals surface area contributed by atoms with Crippen molar-refractivity contribution in [2.75, 3.05) is 6.54 Å². The summed E-state index contributed by atoms with van der Waals surface area (Å²) in [4.78, 5) is 23.1. The van der Waals surface area contributed by atoms with Crippen molar-refractivity contribution in [1.29, 1.82) is 0 Å². The van der Waals surface area contributed by atoms with Gasteiger partial charge in [-0.05, 0) is 19.4 Å². The van der Waals surface area contributed by atoms with E-state index in [9.17, 15) is 14.9 Å². The zero-order valence-corrected chi connectivity index (χ0v) is 9.89. The number of nitro benzene ring substituents is 1. The highest BCUT2D eigenvalue weighted by Gasteiger charge is 2.55. The van der Waals surface area contributed by atoms with Gasteiger partial charge in [0.05, 0.1) is 10.3 Å². The number of nitrogens with zero attached hydrogens (tertiary/aromatic N) is 1. The fourth-order valence-electron chi connectivity index (χ4n) is 3.46. The van der Waals surface area contributed by atoms with Crippen LogP contribution in [0.2, 0.25) is 0 Å². The lowest BCUT2D eigenvalue weighted by Crippen LogP contribution is -2.40. The van der Waals surface area contributed by atoms with Crippen molar-refractivity contribution in [1.82, 2.24) is 5.32 Å². The predicted octanol–water partition coefficient (Wildman–Crippen LogP) is 1.56. The number of nitro groups is 1. The molecule has 1 aromatic rings. The Bertz CT molecular complexity index is 529. The van der Waals surface area contributed by atoms with Crippen molar-refractivity contribution in [2.24, 2.45) is 0 Å². The van der Waals surface area contributed by atoms with E-state index in [0.29, 0.717) is 18.4 Å². The summed E-state index contributed by atoms with van der Waals surface area (Å²) in [6.45, 7) is 0.752. The summed E-state index contributed by atoms with van der Waals surface area (Å²) < 4.78 is 0. The van der Waals surface area contributed by atoms with Crippen LogP contribution in [-0.2, 0) is 10.2 Å². The number of para-hydroxylation sites is 1. The Hall–Kier alpha value is -1.75. The van der Waals surface area contributed by atoms with Gasteiger partial charge in [0.15, 0.2) is 0 Å². The largest absolute Gasteiger partial charge is 0.313 e. The van der Waals surface area contributed by atoms with E-state index in [4.69, 9.17) is 0 Å². The first-order valence-corrected chi connectivity index (χ1v) is 6.17. The van der Waals surface area contributed by atoms with E-state index in [-0.39, 0.29) is 22.4 Å². The summed E-state index contributed by atoms with van der Waals surface area (Å²) in [5.74, 6) is 0.145. The number of fused-ring (bicyclic) bond motifs is 1. The lowest BCUT2D eigenvalue weighted by Gasteiger charge is -2.27. The van der Waals surface area contributed by atoms with Crippen LogP contribution >= 0.6 is 0 Å². The Morgan fingerprint density at radius 1 is 1.39 bits per heavy atom. The van der Waals surface area contributed by atoms with Crippen LogP contribution in [0.3, 0.4) is 0 Å². The highest BCUT2D eigenvalue weighted by molar-refractivity contribution is 5.95. The summed E-state index contributed by atoms with van der Waals surface area (Å²) in [7, 11) is 0. The molecule has 1 aromatic carbocycles. The average molecular weight is 246 g/mol. The molecule has 1 saturated heterocycles. The van der Waals surface area contributed by atoms with E-state index in [1.165, 1.54) is 6.07 Å². The molecule has 2 atom stereocenters. The molecule has 1 aliphatic carbocycles. The minimum absolute atomic E-state index is 0.0612. The molecule has 1 aliphatic heterocycles. The van der Waals surface area contributed by atoms with Crippen LogP contribution in [0.5, 0.6) is 0 Å². The third-order valence-corrected chi connectivity index (χ3v) is 4.24. The maximum absolute atomic E-state index is 12.3. The zero-order chi connectivity index (χ0) is 12.8. The number of rotatable bonds is 2. The molecule has 2 aliphatic rings. The molecule has 18 heavy (non-hydrogen) atoms. The first-order valence-electron chi connectivity index (χ1n) is 6.17. The van der Waals surface area contributed by atoms with Crippen molar-refractivity contribution >= 4 is 11.5 Å². The van der Waals surface area contributed by atoms with Gasteiger partial charge in [-0.1, -0.05) is 18.2 Å². The molecular formula is C13H14N2O3. The van der Waals surface area contributed by atoms with Gasteiger partial charge in [-0.25, -0.2) is 0 Å². The van der Waals surface area contributed by atoms with E-state index in [0.717, 1.165) is 13.0 Å². The summed E-state index contributed by atoms with van der Waals surface area (Å²) in [5.41, 5.74) is -0.00197. The second kappa shape index (κ2) is 3.88. The molecule has 0 bridgehead atoms. The Morgan fingerprint density at radius 3 is 2.94 bits per heavy atom. The molecule has 94 valence electrons. The normalized spacial score (nSPS) is 30.4. The second-order valence-electron chi connectivity index (χ2n) is 4.96.